The standard InChI is InChI=1S/C29H40O5S/c1-3-10-20(2)19-34-29(33)14-7-5-4-6-12-22-23(26(32)18-25(22)31)15-16-24(30)28-17-21-11-8-9-13-27(21)35-28/h3,8-11,13,17,22-26,30-32H,1,4-7,12,14-16,18-19H2,2H3/b20-10+/t22?,23-,24-,25+,26-/m1/s1. The fourth-order valence-corrected chi connectivity index (χ4v) is 6.24. The van der Waals surface area contributed by atoms with Gasteiger partial charge in [0.25, 0.3) is 0 Å². The lowest BCUT2D eigenvalue weighted by Gasteiger charge is -2.24. The molecular formula is C29H40O5S. The van der Waals surface area contributed by atoms with E-state index in [1.54, 1.807) is 17.4 Å². The molecule has 1 saturated carbocycles. The van der Waals surface area contributed by atoms with E-state index in [0.717, 1.165) is 47.9 Å². The fourth-order valence-electron chi connectivity index (χ4n) is 5.16. The Balaban J connectivity index is 1.37. The van der Waals surface area contributed by atoms with E-state index >= 15 is 0 Å². The predicted molar refractivity (Wildman–Crippen MR) is 142 cm³/mol. The fraction of sp³-hybridized carbons (Fsp3) is 0.552. The average Bonchev–Trinajstić information content (AvgIpc) is 3.39. The van der Waals surface area contributed by atoms with Gasteiger partial charge in [0, 0.05) is 16.0 Å². The van der Waals surface area contributed by atoms with E-state index in [1.165, 1.54) is 4.70 Å². The van der Waals surface area contributed by atoms with Gasteiger partial charge in [-0.15, -0.1) is 11.3 Å². The number of aliphatic hydroxyl groups is 3. The highest BCUT2D eigenvalue weighted by molar-refractivity contribution is 7.19. The summed E-state index contributed by atoms with van der Waals surface area (Å²) in [5.74, 6) is -0.103. The van der Waals surface area contributed by atoms with E-state index in [4.69, 9.17) is 4.74 Å². The third-order valence-electron chi connectivity index (χ3n) is 7.10. The lowest BCUT2D eigenvalue weighted by atomic mass is 9.84. The molecule has 1 aromatic heterocycles. The number of carbonyl (C=O) groups excluding carboxylic acids is 1. The van der Waals surface area contributed by atoms with Crippen molar-refractivity contribution in [1.82, 2.24) is 0 Å². The van der Waals surface area contributed by atoms with Gasteiger partial charge in [-0.3, -0.25) is 4.79 Å². The van der Waals surface area contributed by atoms with Gasteiger partial charge < -0.3 is 20.1 Å². The maximum absolute atomic E-state index is 11.8. The Hall–Kier alpha value is -1.99. The van der Waals surface area contributed by atoms with Crippen LogP contribution in [0.5, 0.6) is 0 Å². The molecule has 5 nitrogen and oxygen atoms in total. The minimum Gasteiger partial charge on any atom is -0.461 e. The van der Waals surface area contributed by atoms with E-state index in [0.29, 0.717) is 32.3 Å². The molecule has 6 heteroatoms. The number of hydrogen-bond donors (Lipinski definition) is 3. The van der Waals surface area contributed by atoms with Crippen LogP contribution in [0.15, 0.2) is 54.6 Å². The SMILES string of the molecule is C=C/C=C(\C)COC(=O)CCCCCCC1[C@@H](CC[C@@H](O)c2cc3ccccc3s2)[C@H](O)C[C@@H]1O. The quantitative estimate of drug-likeness (QED) is 0.166. The summed E-state index contributed by atoms with van der Waals surface area (Å²) in [4.78, 5) is 12.8. The minimum atomic E-state index is -0.547. The first kappa shape index (κ1) is 27.6. The normalized spacial score (nSPS) is 23.5. The van der Waals surface area contributed by atoms with Crippen LogP contribution in [0.25, 0.3) is 10.1 Å². The zero-order valence-corrected chi connectivity index (χ0v) is 21.6. The Labute approximate surface area is 213 Å². The molecule has 0 radical (unpaired) electrons. The molecule has 0 spiro atoms. The van der Waals surface area contributed by atoms with Crippen molar-refractivity contribution in [1.29, 1.82) is 0 Å². The molecule has 1 unspecified atom stereocenters. The number of fused-ring (bicyclic) bond motifs is 1. The maximum atomic E-state index is 11.8. The molecule has 3 rings (SSSR count). The molecular weight excluding hydrogens is 460 g/mol. The molecule has 0 aliphatic heterocycles. The van der Waals surface area contributed by atoms with Crippen LogP contribution in [0.1, 0.15) is 75.7 Å². The topological polar surface area (TPSA) is 87.0 Å². The largest absolute Gasteiger partial charge is 0.461 e. The number of aliphatic hydroxyl groups excluding tert-OH is 3. The van der Waals surface area contributed by atoms with Crippen molar-refractivity contribution >= 4 is 27.4 Å². The second-order valence-electron chi connectivity index (χ2n) is 9.84. The molecule has 1 heterocycles. The summed E-state index contributed by atoms with van der Waals surface area (Å²) in [5, 5.41) is 33.0. The van der Waals surface area contributed by atoms with Gasteiger partial charge in [0.05, 0.1) is 18.3 Å². The minimum absolute atomic E-state index is 0.0101. The molecule has 1 aliphatic rings. The van der Waals surface area contributed by atoms with Gasteiger partial charge in [-0.1, -0.05) is 56.2 Å². The Morgan fingerprint density at radius 1 is 1.14 bits per heavy atom. The first-order valence-corrected chi connectivity index (χ1v) is 13.7. The molecule has 0 amide bonds. The molecule has 2 aromatic rings. The number of esters is 1. The monoisotopic (exact) mass is 500 g/mol. The summed E-state index contributed by atoms with van der Waals surface area (Å²) in [5.41, 5.74) is 0.969. The van der Waals surface area contributed by atoms with E-state index in [2.05, 4.69) is 24.8 Å². The second-order valence-corrected chi connectivity index (χ2v) is 11.0. The Kier molecular flexibility index (Phi) is 11.0. The van der Waals surface area contributed by atoms with Crippen LogP contribution >= 0.6 is 11.3 Å². The molecule has 3 N–H and O–H groups in total. The van der Waals surface area contributed by atoms with Crippen molar-refractivity contribution in [2.75, 3.05) is 6.61 Å². The first-order valence-electron chi connectivity index (χ1n) is 12.9. The first-order chi connectivity index (χ1) is 16.9. The smallest absolute Gasteiger partial charge is 0.306 e. The summed E-state index contributed by atoms with van der Waals surface area (Å²) in [7, 11) is 0. The third kappa shape index (κ3) is 8.28. The highest BCUT2D eigenvalue weighted by Crippen LogP contribution is 2.41. The molecule has 35 heavy (non-hydrogen) atoms. The Bertz CT molecular complexity index is 947. The van der Waals surface area contributed by atoms with E-state index < -0.39 is 18.3 Å². The van der Waals surface area contributed by atoms with Gasteiger partial charge in [0.15, 0.2) is 0 Å². The zero-order valence-electron chi connectivity index (χ0n) is 20.8. The molecule has 0 saturated heterocycles. The predicted octanol–water partition coefficient (Wildman–Crippen LogP) is 6.09. The molecule has 192 valence electrons. The van der Waals surface area contributed by atoms with Crippen LogP contribution in [-0.4, -0.2) is 40.1 Å². The number of carbonyl (C=O) groups is 1. The summed E-state index contributed by atoms with van der Waals surface area (Å²) < 4.78 is 6.41. The lowest BCUT2D eigenvalue weighted by molar-refractivity contribution is -0.142. The van der Waals surface area contributed by atoms with Crippen LogP contribution < -0.4 is 0 Å². The van der Waals surface area contributed by atoms with Crippen LogP contribution in [0.2, 0.25) is 0 Å². The summed E-state index contributed by atoms with van der Waals surface area (Å²) in [6.07, 6.45) is 8.62. The van der Waals surface area contributed by atoms with Gasteiger partial charge in [-0.25, -0.2) is 0 Å². The van der Waals surface area contributed by atoms with Gasteiger partial charge in [-0.2, -0.15) is 0 Å². The van der Waals surface area contributed by atoms with E-state index in [9.17, 15) is 20.1 Å². The van der Waals surface area contributed by atoms with Crippen molar-refractivity contribution < 1.29 is 24.9 Å². The second kappa shape index (κ2) is 13.9. The molecule has 0 bridgehead atoms. The number of ether oxygens (including phenoxy) is 1. The zero-order chi connectivity index (χ0) is 25.2. The Morgan fingerprint density at radius 3 is 2.60 bits per heavy atom. The summed E-state index contributed by atoms with van der Waals surface area (Å²) >= 11 is 1.62. The number of benzene rings is 1. The van der Waals surface area contributed by atoms with E-state index in [1.807, 2.05) is 25.1 Å². The van der Waals surface area contributed by atoms with Crippen LogP contribution in [-0.2, 0) is 9.53 Å². The lowest BCUT2D eigenvalue weighted by Crippen LogP contribution is -2.23. The van der Waals surface area contributed by atoms with Gasteiger partial charge in [0.2, 0.25) is 0 Å². The highest BCUT2D eigenvalue weighted by atomic mass is 32.1. The van der Waals surface area contributed by atoms with Gasteiger partial charge in [0.1, 0.15) is 6.61 Å². The van der Waals surface area contributed by atoms with Crippen molar-refractivity contribution in [3.05, 3.63) is 59.5 Å². The third-order valence-corrected chi connectivity index (χ3v) is 8.32. The number of thiophene rings is 1. The van der Waals surface area contributed by atoms with Crippen molar-refractivity contribution in [3.8, 4) is 0 Å². The van der Waals surface area contributed by atoms with Crippen LogP contribution in [0, 0.1) is 11.8 Å². The Morgan fingerprint density at radius 2 is 1.86 bits per heavy atom. The maximum Gasteiger partial charge on any atom is 0.306 e. The van der Waals surface area contributed by atoms with Crippen molar-refractivity contribution in [2.24, 2.45) is 11.8 Å². The molecule has 5 atom stereocenters. The number of rotatable bonds is 14. The average molecular weight is 501 g/mol. The van der Waals surface area contributed by atoms with Crippen molar-refractivity contribution in [2.45, 2.75) is 83.0 Å². The molecule has 1 aliphatic carbocycles. The van der Waals surface area contributed by atoms with Gasteiger partial charge in [-0.05, 0) is 74.0 Å². The summed E-state index contributed by atoms with van der Waals surface area (Å²) in [6, 6.07) is 10.2. The number of hydrogen-bond acceptors (Lipinski definition) is 6. The van der Waals surface area contributed by atoms with Crippen molar-refractivity contribution in [3.63, 3.8) is 0 Å². The van der Waals surface area contributed by atoms with Gasteiger partial charge >= 0.3 is 5.97 Å². The van der Waals surface area contributed by atoms with Crippen LogP contribution in [0.3, 0.4) is 0 Å². The molecule has 1 aromatic carbocycles. The number of unbranched alkanes of at least 4 members (excludes halogenated alkanes) is 3. The number of allylic oxidation sites excluding steroid dienone is 2. The van der Waals surface area contributed by atoms with E-state index in [-0.39, 0.29) is 17.8 Å². The summed E-state index contributed by atoms with van der Waals surface area (Å²) in [6.45, 7) is 5.84. The molecule has 1 fully saturated rings. The van der Waals surface area contributed by atoms with Crippen LogP contribution in [0.4, 0.5) is 0 Å². The highest BCUT2D eigenvalue weighted by Gasteiger charge is 2.40.